The van der Waals surface area contributed by atoms with Gasteiger partial charge >= 0.3 is 11.9 Å². The monoisotopic (exact) mass is 539 g/mol. The van der Waals surface area contributed by atoms with E-state index in [9.17, 15) is 9.59 Å². The lowest BCUT2D eigenvalue weighted by Crippen LogP contribution is -2.33. The summed E-state index contributed by atoms with van der Waals surface area (Å²) in [6.45, 7) is 10.0. The van der Waals surface area contributed by atoms with Crippen molar-refractivity contribution in [1.82, 2.24) is 4.90 Å². The van der Waals surface area contributed by atoms with Gasteiger partial charge < -0.3 is 9.47 Å². The first-order chi connectivity index (χ1) is 18.6. The van der Waals surface area contributed by atoms with Crippen molar-refractivity contribution >= 4 is 11.9 Å². The zero-order chi connectivity index (χ0) is 27.9. The predicted octanol–water partition coefficient (Wildman–Crippen LogP) is 9.41. The van der Waals surface area contributed by atoms with Gasteiger partial charge in [-0.15, -0.1) is 0 Å². The molecule has 0 fully saturated rings. The molecule has 0 atom stereocenters. The van der Waals surface area contributed by atoms with E-state index < -0.39 is 0 Å². The van der Waals surface area contributed by atoms with Gasteiger partial charge in [-0.25, -0.2) is 0 Å². The molecular formula is C33H65NO4. The highest BCUT2D eigenvalue weighted by Gasteiger charge is 2.12. The fourth-order valence-electron chi connectivity index (χ4n) is 4.75. The second kappa shape index (κ2) is 30.4. The predicted molar refractivity (Wildman–Crippen MR) is 162 cm³/mol. The van der Waals surface area contributed by atoms with Gasteiger partial charge in [-0.05, 0) is 45.2 Å². The Balaban J connectivity index is 3.96. The Morgan fingerprint density at radius 1 is 0.447 bits per heavy atom. The summed E-state index contributed by atoms with van der Waals surface area (Å²) in [6.07, 6.45) is 27.4. The number of rotatable bonds is 30. The van der Waals surface area contributed by atoms with Crippen LogP contribution in [0.4, 0.5) is 0 Å². The molecule has 0 rings (SSSR count). The van der Waals surface area contributed by atoms with E-state index in [1.54, 1.807) is 0 Å². The lowest BCUT2D eigenvalue weighted by Gasteiger charge is -2.21. The third kappa shape index (κ3) is 27.9. The van der Waals surface area contributed by atoms with E-state index in [1.807, 2.05) is 0 Å². The maximum absolute atomic E-state index is 12.3. The lowest BCUT2D eigenvalue weighted by atomic mass is 10.1. The van der Waals surface area contributed by atoms with Crippen LogP contribution in [0.5, 0.6) is 0 Å². The summed E-state index contributed by atoms with van der Waals surface area (Å²) in [4.78, 5) is 26.4. The maximum atomic E-state index is 12.3. The van der Waals surface area contributed by atoms with Crippen molar-refractivity contribution in [3.8, 4) is 0 Å². The molecule has 0 radical (unpaired) electrons. The van der Waals surface area contributed by atoms with Gasteiger partial charge in [0.2, 0.25) is 0 Å². The second-order valence-electron chi connectivity index (χ2n) is 11.2. The lowest BCUT2D eigenvalue weighted by molar-refractivity contribution is -0.145. The first kappa shape index (κ1) is 36.9. The van der Waals surface area contributed by atoms with Gasteiger partial charge in [0.05, 0.1) is 19.8 Å². The highest BCUT2D eigenvalue weighted by atomic mass is 16.5. The molecule has 0 aliphatic heterocycles. The average molecular weight is 540 g/mol. The molecule has 5 heteroatoms. The molecule has 0 aromatic carbocycles. The van der Waals surface area contributed by atoms with Crippen molar-refractivity contribution in [2.45, 2.75) is 168 Å². The van der Waals surface area contributed by atoms with E-state index in [0.29, 0.717) is 26.2 Å². The Kier molecular flexibility index (Phi) is 29.6. The van der Waals surface area contributed by atoms with E-state index in [-0.39, 0.29) is 11.9 Å². The number of ether oxygens (including phenoxy) is 2. The van der Waals surface area contributed by atoms with Crippen molar-refractivity contribution in [2.75, 3.05) is 32.8 Å². The van der Waals surface area contributed by atoms with Gasteiger partial charge in [-0.1, -0.05) is 130 Å². The second-order valence-corrected chi connectivity index (χ2v) is 11.2. The molecule has 0 heterocycles. The van der Waals surface area contributed by atoms with Crippen LogP contribution in [-0.2, 0) is 19.1 Å². The summed E-state index contributed by atoms with van der Waals surface area (Å²) in [7, 11) is 0. The van der Waals surface area contributed by atoms with E-state index >= 15 is 0 Å². The molecule has 0 bridgehead atoms. The Morgan fingerprint density at radius 3 is 1.37 bits per heavy atom. The summed E-state index contributed by atoms with van der Waals surface area (Å²) in [5, 5.41) is 0. The normalized spacial score (nSPS) is 11.3. The van der Waals surface area contributed by atoms with E-state index in [1.165, 1.54) is 77.0 Å². The van der Waals surface area contributed by atoms with Crippen LogP contribution in [0, 0.1) is 0 Å². The Morgan fingerprint density at radius 2 is 0.842 bits per heavy atom. The topological polar surface area (TPSA) is 55.8 Å². The van der Waals surface area contributed by atoms with Crippen LogP contribution in [0.25, 0.3) is 0 Å². The third-order valence-electron chi connectivity index (χ3n) is 7.31. The molecule has 0 saturated carbocycles. The number of nitrogens with zero attached hydrogens (tertiary/aromatic N) is 1. The molecule has 0 unspecified atom stereocenters. The fraction of sp³-hybridized carbons (Fsp3) is 0.939. The van der Waals surface area contributed by atoms with Gasteiger partial charge in [0.15, 0.2) is 0 Å². The van der Waals surface area contributed by atoms with Gasteiger partial charge in [-0.2, -0.15) is 0 Å². The van der Waals surface area contributed by atoms with Crippen molar-refractivity contribution < 1.29 is 19.1 Å². The number of unbranched alkanes of at least 4 members (excludes halogenated alkanes) is 18. The molecule has 0 N–H and O–H groups in total. The van der Waals surface area contributed by atoms with Crippen LogP contribution in [0.1, 0.15) is 168 Å². The Bertz CT molecular complexity index is 511. The minimum absolute atomic E-state index is 0.0451. The highest BCUT2D eigenvalue weighted by molar-refractivity contribution is 5.71. The SMILES string of the molecule is CCCCCCCCCCCCCCN(CCCCCCCC(=O)OCCCCC)CC(=O)OCCCC. The van der Waals surface area contributed by atoms with Crippen LogP contribution in [0.15, 0.2) is 0 Å². The zero-order valence-corrected chi connectivity index (χ0v) is 25.9. The number of esters is 2. The molecule has 0 aromatic rings. The van der Waals surface area contributed by atoms with Crippen molar-refractivity contribution in [2.24, 2.45) is 0 Å². The highest BCUT2D eigenvalue weighted by Crippen LogP contribution is 2.13. The third-order valence-corrected chi connectivity index (χ3v) is 7.31. The van der Waals surface area contributed by atoms with Gasteiger partial charge in [-0.3, -0.25) is 14.5 Å². The number of hydrogen-bond donors (Lipinski definition) is 0. The molecular weight excluding hydrogens is 474 g/mol. The van der Waals surface area contributed by atoms with Crippen molar-refractivity contribution in [3.63, 3.8) is 0 Å². The van der Waals surface area contributed by atoms with Crippen molar-refractivity contribution in [3.05, 3.63) is 0 Å². The first-order valence-corrected chi connectivity index (χ1v) is 16.7. The van der Waals surface area contributed by atoms with Crippen LogP contribution >= 0.6 is 0 Å². The molecule has 38 heavy (non-hydrogen) atoms. The maximum Gasteiger partial charge on any atom is 0.320 e. The van der Waals surface area contributed by atoms with E-state index in [4.69, 9.17) is 9.47 Å². The molecule has 0 aromatic heterocycles. The van der Waals surface area contributed by atoms with Gasteiger partial charge in [0, 0.05) is 6.42 Å². The number of carbonyl (C=O) groups excluding carboxylic acids is 2. The molecule has 0 spiro atoms. The Hall–Kier alpha value is -1.10. The largest absolute Gasteiger partial charge is 0.466 e. The number of carbonyl (C=O) groups is 2. The zero-order valence-electron chi connectivity index (χ0n) is 25.9. The van der Waals surface area contributed by atoms with Gasteiger partial charge in [0.1, 0.15) is 0 Å². The summed E-state index contributed by atoms with van der Waals surface area (Å²) in [6, 6.07) is 0. The minimum atomic E-state index is -0.0742. The summed E-state index contributed by atoms with van der Waals surface area (Å²) >= 11 is 0. The molecule has 0 aliphatic rings. The summed E-state index contributed by atoms with van der Waals surface area (Å²) < 4.78 is 10.7. The first-order valence-electron chi connectivity index (χ1n) is 16.7. The van der Waals surface area contributed by atoms with Crippen molar-refractivity contribution in [1.29, 1.82) is 0 Å². The summed E-state index contributed by atoms with van der Waals surface area (Å²) in [5.41, 5.74) is 0. The molecule has 5 nitrogen and oxygen atoms in total. The van der Waals surface area contributed by atoms with E-state index in [2.05, 4.69) is 25.7 Å². The smallest absolute Gasteiger partial charge is 0.320 e. The average Bonchev–Trinajstić information content (AvgIpc) is 2.91. The van der Waals surface area contributed by atoms with Crippen LogP contribution < -0.4 is 0 Å². The standard InChI is InChI=1S/C33H65NO4/c1-4-7-10-11-12-13-14-15-16-17-20-23-27-34(31-33(36)38-29-9-6-3)28-24-21-18-19-22-26-32(35)37-30-25-8-5-2/h4-31H2,1-3H3. The van der Waals surface area contributed by atoms with Gasteiger partial charge in [0.25, 0.3) is 0 Å². The molecule has 226 valence electrons. The van der Waals surface area contributed by atoms with Crippen LogP contribution in [0.2, 0.25) is 0 Å². The minimum Gasteiger partial charge on any atom is -0.466 e. The van der Waals surface area contributed by atoms with Crippen LogP contribution in [0.3, 0.4) is 0 Å². The molecule has 0 amide bonds. The molecule has 0 saturated heterocycles. The Labute approximate surface area is 237 Å². The number of hydrogen-bond acceptors (Lipinski definition) is 5. The fourth-order valence-corrected chi connectivity index (χ4v) is 4.75. The van der Waals surface area contributed by atoms with E-state index in [0.717, 1.165) is 77.3 Å². The molecule has 0 aliphatic carbocycles. The summed E-state index contributed by atoms with van der Waals surface area (Å²) in [5.74, 6) is -0.119. The van der Waals surface area contributed by atoms with Crippen LogP contribution in [-0.4, -0.2) is 49.7 Å². The quantitative estimate of drug-likeness (QED) is 0.0672.